The van der Waals surface area contributed by atoms with E-state index in [1.165, 1.54) is 0 Å². The van der Waals surface area contributed by atoms with Crippen molar-refractivity contribution in [3.8, 4) is 5.75 Å². The van der Waals surface area contributed by atoms with E-state index in [4.69, 9.17) is 9.15 Å². The first kappa shape index (κ1) is 19.7. The molecular weight excluding hydrogens is 358 g/mol. The Balaban J connectivity index is 1.64. The Labute approximate surface area is 163 Å². The maximum Gasteiger partial charge on any atom is 0.339 e. The van der Waals surface area contributed by atoms with Crippen molar-refractivity contribution in [1.29, 1.82) is 0 Å². The minimum atomic E-state index is -0.664. The monoisotopic (exact) mass is 383 g/mol. The SMILES string of the molecule is Cc1c(C)c2ccc(O[C@H](C)C(=O)NCCCn3ccnc3)c(C)c2oc1=O. The molecule has 0 spiro atoms. The standard InChI is InChI=1S/C21H25N3O4/c1-13-14(2)21(26)28-19-15(3)18(7-6-17(13)19)27-16(4)20(25)23-8-5-10-24-11-9-22-12-24/h6-7,9,11-12,16H,5,8,10H2,1-4H3,(H,23,25)/t16-/m1/s1. The van der Waals surface area contributed by atoms with E-state index in [1.54, 1.807) is 26.4 Å². The first-order valence-electron chi connectivity index (χ1n) is 9.32. The number of carbonyl (C=O) groups is 1. The predicted octanol–water partition coefficient (Wildman–Crippen LogP) is 2.89. The Kier molecular flexibility index (Phi) is 5.82. The number of aryl methyl sites for hydroxylation is 3. The molecule has 1 aromatic carbocycles. The molecule has 0 saturated heterocycles. The molecule has 1 atom stereocenters. The Morgan fingerprint density at radius 1 is 1.25 bits per heavy atom. The smallest absolute Gasteiger partial charge is 0.339 e. The van der Waals surface area contributed by atoms with Gasteiger partial charge in [-0.15, -0.1) is 0 Å². The zero-order valence-corrected chi connectivity index (χ0v) is 16.6. The summed E-state index contributed by atoms with van der Waals surface area (Å²) in [5.41, 5.74) is 2.35. The molecule has 0 unspecified atom stereocenters. The van der Waals surface area contributed by atoms with Crippen LogP contribution in [0.15, 0.2) is 40.1 Å². The highest BCUT2D eigenvalue weighted by molar-refractivity contribution is 5.86. The van der Waals surface area contributed by atoms with E-state index in [-0.39, 0.29) is 11.5 Å². The van der Waals surface area contributed by atoms with E-state index in [0.29, 0.717) is 29.0 Å². The van der Waals surface area contributed by atoms with Crippen LogP contribution < -0.4 is 15.7 Å². The largest absolute Gasteiger partial charge is 0.480 e. The van der Waals surface area contributed by atoms with Crippen LogP contribution in [0.3, 0.4) is 0 Å². The summed E-state index contributed by atoms with van der Waals surface area (Å²) in [6, 6.07) is 3.67. The fourth-order valence-electron chi connectivity index (χ4n) is 3.03. The van der Waals surface area contributed by atoms with Crippen LogP contribution in [-0.2, 0) is 11.3 Å². The van der Waals surface area contributed by atoms with Crippen LogP contribution in [0, 0.1) is 20.8 Å². The van der Waals surface area contributed by atoms with Crippen LogP contribution in [0.5, 0.6) is 5.75 Å². The van der Waals surface area contributed by atoms with Crippen molar-refractivity contribution >= 4 is 16.9 Å². The number of nitrogens with zero attached hydrogens (tertiary/aromatic N) is 2. The van der Waals surface area contributed by atoms with E-state index in [9.17, 15) is 9.59 Å². The summed E-state index contributed by atoms with van der Waals surface area (Å²) in [5.74, 6) is 0.339. The third-order valence-corrected chi connectivity index (χ3v) is 4.95. The summed E-state index contributed by atoms with van der Waals surface area (Å²) in [7, 11) is 0. The van der Waals surface area contributed by atoms with Gasteiger partial charge in [0.15, 0.2) is 6.10 Å². The van der Waals surface area contributed by atoms with Gasteiger partial charge in [-0.05, 0) is 51.8 Å². The summed E-state index contributed by atoms with van der Waals surface area (Å²) in [6.07, 6.45) is 5.50. The van der Waals surface area contributed by atoms with Crippen molar-refractivity contribution in [1.82, 2.24) is 14.9 Å². The highest BCUT2D eigenvalue weighted by atomic mass is 16.5. The number of aromatic nitrogens is 2. The van der Waals surface area contributed by atoms with Crippen molar-refractivity contribution in [3.63, 3.8) is 0 Å². The molecule has 0 bridgehead atoms. The van der Waals surface area contributed by atoms with Crippen LogP contribution in [0.25, 0.3) is 11.0 Å². The molecule has 3 aromatic rings. The number of nitrogens with one attached hydrogen (secondary N) is 1. The molecule has 2 heterocycles. The van der Waals surface area contributed by atoms with Crippen molar-refractivity contribution < 1.29 is 13.9 Å². The molecule has 0 aliphatic carbocycles. The van der Waals surface area contributed by atoms with Gasteiger partial charge < -0.3 is 19.0 Å². The lowest BCUT2D eigenvalue weighted by Gasteiger charge is -2.17. The number of benzene rings is 1. The average molecular weight is 383 g/mol. The van der Waals surface area contributed by atoms with E-state index < -0.39 is 6.10 Å². The van der Waals surface area contributed by atoms with E-state index >= 15 is 0 Å². The van der Waals surface area contributed by atoms with Gasteiger partial charge in [-0.3, -0.25) is 4.79 Å². The molecule has 2 aromatic heterocycles. The second-order valence-corrected chi connectivity index (χ2v) is 6.91. The molecule has 28 heavy (non-hydrogen) atoms. The molecular formula is C21H25N3O4. The molecule has 0 radical (unpaired) electrons. The first-order chi connectivity index (χ1) is 13.4. The Morgan fingerprint density at radius 3 is 2.75 bits per heavy atom. The van der Waals surface area contributed by atoms with Gasteiger partial charge in [0.25, 0.3) is 5.91 Å². The first-order valence-corrected chi connectivity index (χ1v) is 9.32. The van der Waals surface area contributed by atoms with Crippen LogP contribution >= 0.6 is 0 Å². The summed E-state index contributed by atoms with van der Waals surface area (Å²) in [5, 5.41) is 3.75. The normalized spacial score (nSPS) is 12.1. The zero-order chi connectivity index (χ0) is 20.3. The number of amides is 1. The lowest BCUT2D eigenvalue weighted by Crippen LogP contribution is -2.37. The minimum absolute atomic E-state index is 0.188. The Hall–Kier alpha value is -3.09. The molecule has 0 fully saturated rings. The highest BCUT2D eigenvalue weighted by Gasteiger charge is 2.18. The molecule has 0 saturated carbocycles. The van der Waals surface area contributed by atoms with E-state index in [0.717, 1.165) is 23.9 Å². The highest BCUT2D eigenvalue weighted by Crippen LogP contribution is 2.29. The van der Waals surface area contributed by atoms with Gasteiger partial charge in [0.2, 0.25) is 0 Å². The summed E-state index contributed by atoms with van der Waals surface area (Å²) in [6.45, 7) is 8.51. The zero-order valence-electron chi connectivity index (χ0n) is 16.6. The van der Waals surface area contributed by atoms with Crippen molar-refractivity contribution in [2.45, 2.75) is 46.8 Å². The van der Waals surface area contributed by atoms with Gasteiger partial charge in [0.05, 0.1) is 6.33 Å². The van der Waals surface area contributed by atoms with Gasteiger partial charge in [-0.1, -0.05) is 0 Å². The molecule has 1 amide bonds. The minimum Gasteiger partial charge on any atom is -0.480 e. The topological polar surface area (TPSA) is 86.4 Å². The number of hydrogen-bond acceptors (Lipinski definition) is 5. The summed E-state index contributed by atoms with van der Waals surface area (Å²) >= 11 is 0. The van der Waals surface area contributed by atoms with Gasteiger partial charge in [0.1, 0.15) is 11.3 Å². The van der Waals surface area contributed by atoms with Gasteiger partial charge in [-0.25, -0.2) is 9.78 Å². The Morgan fingerprint density at radius 2 is 2.04 bits per heavy atom. The summed E-state index contributed by atoms with van der Waals surface area (Å²) < 4.78 is 13.3. The lowest BCUT2D eigenvalue weighted by molar-refractivity contribution is -0.127. The van der Waals surface area contributed by atoms with Crippen molar-refractivity contribution in [2.24, 2.45) is 0 Å². The maximum absolute atomic E-state index is 12.3. The third-order valence-electron chi connectivity index (χ3n) is 4.95. The number of ether oxygens (including phenoxy) is 1. The molecule has 7 nitrogen and oxygen atoms in total. The van der Waals surface area contributed by atoms with E-state index in [1.807, 2.05) is 36.7 Å². The number of hydrogen-bond donors (Lipinski definition) is 1. The number of imidazole rings is 1. The van der Waals surface area contributed by atoms with Crippen LogP contribution in [-0.4, -0.2) is 28.1 Å². The van der Waals surface area contributed by atoms with Gasteiger partial charge in [0, 0.05) is 42.0 Å². The maximum atomic E-state index is 12.3. The molecule has 0 aliphatic heterocycles. The molecule has 0 aliphatic rings. The fraction of sp³-hybridized carbons (Fsp3) is 0.381. The quantitative estimate of drug-likeness (QED) is 0.501. The second-order valence-electron chi connectivity index (χ2n) is 6.91. The van der Waals surface area contributed by atoms with Gasteiger partial charge >= 0.3 is 5.63 Å². The lowest BCUT2D eigenvalue weighted by atomic mass is 10.0. The van der Waals surface area contributed by atoms with Crippen molar-refractivity contribution in [3.05, 3.63) is 58.0 Å². The number of carbonyl (C=O) groups excluding carboxylic acids is 1. The van der Waals surface area contributed by atoms with Crippen LogP contribution in [0.4, 0.5) is 0 Å². The molecule has 1 N–H and O–H groups in total. The van der Waals surface area contributed by atoms with Crippen LogP contribution in [0.1, 0.15) is 30.0 Å². The van der Waals surface area contributed by atoms with E-state index in [2.05, 4.69) is 10.3 Å². The Bertz CT molecular complexity index is 1040. The molecule has 3 rings (SSSR count). The molecule has 7 heteroatoms. The average Bonchev–Trinajstić information content (AvgIpc) is 3.19. The fourth-order valence-corrected chi connectivity index (χ4v) is 3.03. The summed E-state index contributed by atoms with van der Waals surface area (Å²) in [4.78, 5) is 28.3. The number of fused-ring (bicyclic) bond motifs is 1. The second kappa shape index (κ2) is 8.29. The number of rotatable bonds is 7. The third kappa shape index (κ3) is 4.08. The molecule has 148 valence electrons. The van der Waals surface area contributed by atoms with Crippen LogP contribution in [0.2, 0.25) is 0 Å². The van der Waals surface area contributed by atoms with Crippen molar-refractivity contribution in [2.75, 3.05) is 6.54 Å². The van der Waals surface area contributed by atoms with Gasteiger partial charge in [-0.2, -0.15) is 0 Å². The predicted molar refractivity (Wildman–Crippen MR) is 107 cm³/mol.